The molecule has 11 nitrogen and oxygen atoms in total. The summed E-state index contributed by atoms with van der Waals surface area (Å²) in [5, 5.41) is 13.0. The Morgan fingerprint density at radius 3 is 2.39 bits per heavy atom. The van der Waals surface area contributed by atoms with Gasteiger partial charge in [-0.3, -0.25) is 19.3 Å². The minimum Gasteiger partial charge on any atom is -0.334 e. The summed E-state index contributed by atoms with van der Waals surface area (Å²) in [7, 11) is 0. The molecule has 6 rings (SSSR count). The summed E-state index contributed by atoms with van der Waals surface area (Å²) in [6, 6.07) is 19.7. The zero-order valence-corrected chi connectivity index (χ0v) is 26.1. The van der Waals surface area contributed by atoms with Gasteiger partial charge in [0.15, 0.2) is 5.13 Å². The first kappa shape index (κ1) is 29.7. The molecule has 1 saturated heterocycles. The number of β-lactam (4-membered cyclic amide) rings is 1. The van der Waals surface area contributed by atoms with Crippen molar-refractivity contribution in [2.45, 2.75) is 29.9 Å². The lowest BCUT2D eigenvalue weighted by molar-refractivity contribution is -0.156. The molecular weight excluding hydrogens is 641 g/mol. The van der Waals surface area contributed by atoms with Crippen molar-refractivity contribution in [3.63, 3.8) is 0 Å². The second-order valence-corrected chi connectivity index (χ2v) is 13.3. The number of aromatic nitrogens is 3. The lowest BCUT2D eigenvalue weighted by atomic mass is 9.84. The van der Waals surface area contributed by atoms with Gasteiger partial charge in [0.1, 0.15) is 26.0 Å². The third kappa shape index (κ3) is 5.78. The summed E-state index contributed by atoms with van der Waals surface area (Å²) in [6.07, 6.45) is 0.283. The smallest absolute Gasteiger partial charge is 0.334 e. The van der Waals surface area contributed by atoms with Gasteiger partial charge in [0.2, 0.25) is 6.41 Å². The summed E-state index contributed by atoms with van der Waals surface area (Å²) in [6.45, 7) is 1.80. The number of thioether (sulfide) groups is 1. The minimum atomic E-state index is -0.936. The Bertz CT molecular complexity index is 1750. The predicted octanol–water partition coefficient (Wildman–Crippen LogP) is 3.89. The van der Waals surface area contributed by atoms with Gasteiger partial charge in [-0.05, 0) is 18.1 Å². The average molecular weight is 663 g/mol. The van der Waals surface area contributed by atoms with E-state index in [2.05, 4.69) is 26.0 Å². The van der Waals surface area contributed by atoms with E-state index < -0.39 is 28.4 Å². The number of rotatable bonds is 9. The first-order chi connectivity index (χ1) is 21.4. The van der Waals surface area contributed by atoms with E-state index in [4.69, 9.17) is 17.1 Å². The molecule has 2 aliphatic heterocycles. The summed E-state index contributed by atoms with van der Waals surface area (Å²) in [5.74, 6) is -2.33. The molecule has 0 saturated carbocycles. The number of fused-ring (bicyclic) bond motifs is 1. The van der Waals surface area contributed by atoms with E-state index in [1.165, 1.54) is 28.0 Å². The monoisotopic (exact) mass is 662 g/mol. The number of carbonyl (C=O) groups excluding carboxylic acids is 4. The zero-order valence-electron chi connectivity index (χ0n) is 22.8. The van der Waals surface area contributed by atoms with Crippen LogP contribution in [-0.4, -0.2) is 59.8 Å². The number of hydrogen-bond donors (Lipinski definition) is 2. The van der Waals surface area contributed by atoms with Crippen LogP contribution in [0.25, 0.3) is 5.57 Å². The van der Waals surface area contributed by atoms with Crippen LogP contribution < -0.4 is 10.8 Å². The van der Waals surface area contributed by atoms with E-state index >= 15 is 0 Å². The maximum Gasteiger partial charge on any atom is 0.379 e. The van der Waals surface area contributed by atoms with Gasteiger partial charge < -0.3 is 10.2 Å². The molecule has 2 aromatic heterocycles. The molecule has 15 heteroatoms. The van der Waals surface area contributed by atoms with Crippen LogP contribution in [0.4, 0.5) is 5.13 Å². The first-order valence-electron chi connectivity index (χ1n) is 13.2. The second kappa shape index (κ2) is 12.7. The lowest BCUT2D eigenvalue weighted by Crippen LogP contribution is -2.62. The maximum absolute atomic E-state index is 13.9. The first-order valence-corrected chi connectivity index (χ1v) is 16.2. The van der Waals surface area contributed by atoms with Crippen molar-refractivity contribution in [2.24, 2.45) is 0 Å². The highest BCUT2D eigenvalue weighted by molar-refractivity contribution is 8.03. The van der Waals surface area contributed by atoms with Crippen LogP contribution in [0.5, 0.6) is 0 Å². The number of nitrogens with zero attached hydrogens (tertiary/aromatic N) is 4. The summed E-state index contributed by atoms with van der Waals surface area (Å²) in [4.78, 5) is 61.3. The average Bonchev–Trinajstić information content (AvgIpc) is 3.68. The van der Waals surface area contributed by atoms with Crippen molar-refractivity contribution in [1.82, 2.24) is 25.6 Å². The van der Waals surface area contributed by atoms with Gasteiger partial charge in [0.05, 0.1) is 12.1 Å². The molecule has 44 heavy (non-hydrogen) atoms. The minimum absolute atomic E-state index is 0.0446. The number of carbonyl (C=O) groups is 4. The third-order valence-electron chi connectivity index (χ3n) is 6.85. The molecule has 0 bridgehead atoms. The summed E-state index contributed by atoms with van der Waals surface area (Å²) < 4.78 is 0. The highest BCUT2D eigenvalue weighted by Gasteiger charge is 2.55. The van der Waals surface area contributed by atoms with Crippen LogP contribution >= 0.6 is 46.7 Å². The van der Waals surface area contributed by atoms with Crippen molar-refractivity contribution in [3.8, 4) is 0 Å². The van der Waals surface area contributed by atoms with E-state index in [-0.39, 0.29) is 22.9 Å². The SMILES string of the molecule is Cc1nnc(C2=C(C(=O)ONC(=O)Cc3csc(NC=O)n3)N3C(=O)C(=S)[C@@H]3SC2C(c2ccccc2)c2ccccc2)s1. The van der Waals surface area contributed by atoms with E-state index in [0.29, 0.717) is 32.8 Å². The molecule has 0 radical (unpaired) electrons. The maximum atomic E-state index is 13.9. The molecule has 4 heterocycles. The van der Waals surface area contributed by atoms with E-state index in [1.54, 1.807) is 12.3 Å². The van der Waals surface area contributed by atoms with Crippen LogP contribution in [0.2, 0.25) is 0 Å². The van der Waals surface area contributed by atoms with Gasteiger partial charge in [-0.2, -0.15) is 5.48 Å². The number of nitrogens with one attached hydrogen (secondary N) is 2. The molecule has 222 valence electrons. The van der Waals surface area contributed by atoms with E-state index in [1.807, 2.05) is 60.7 Å². The fourth-order valence-corrected chi connectivity index (χ4v) is 8.54. The fourth-order valence-electron chi connectivity index (χ4n) is 5.00. The molecule has 2 atom stereocenters. The summed E-state index contributed by atoms with van der Waals surface area (Å²) in [5.41, 5.74) is 4.97. The Morgan fingerprint density at radius 1 is 1.09 bits per heavy atom. The largest absolute Gasteiger partial charge is 0.379 e. The quantitative estimate of drug-likeness (QED) is 0.117. The van der Waals surface area contributed by atoms with Gasteiger partial charge in [0, 0.05) is 22.1 Å². The number of amides is 3. The van der Waals surface area contributed by atoms with Gasteiger partial charge >= 0.3 is 5.97 Å². The Kier molecular flexibility index (Phi) is 8.61. The third-order valence-corrected chi connectivity index (χ3v) is 10.6. The highest BCUT2D eigenvalue weighted by atomic mass is 32.2. The van der Waals surface area contributed by atoms with Crippen molar-refractivity contribution in [1.29, 1.82) is 0 Å². The van der Waals surface area contributed by atoms with Gasteiger partial charge in [0.25, 0.3) is 11.8 Å². The zero-order chi connectivity index (χ0) is 30.8. The molecule has 0 spiro atoms. The Hall–Kier alpha value is -4.31. The lowest BCUT2D eigenvalue weighted by Gasteiger charge is -2.48. The fraction of sp³-hybridized carbons (Fsp3) is 0.172. The topological polar surface area (TPSA) is 143 Å². The van der Waals surface area contributed by atoms with E-state index in [9.17, 15) is 19.2 Å². The number of benzene rings is 2. The molecule has 1 fully saturated rings. The van der Waals surface area contributed by atoms with Crippen molar-refractivity contribution in [3.05, 3.63) is 98.6 Å². The summed E-state index contributed by atoms with van der Waals surface area (Å²) >= 11 is 9.37. The number of thiocarbonyl (C=S) groups is 1. The van der Waals surface area contributed by atoms with Crippen LogP contribution in [0.3, 0.4) is 0 Å². The molecule has 3 amide bonds. The highest BCUT2D eigenvalue weighted by Crippen LogP contribution is 2.53. The predicted molar refractivity (Wildman–Crippen MR) is 171 cm³/mol. The Labute approximate surface area is 268 Å². The van der Waals surface area contributed by atoms with Gasteiger partial charge in [-0.15, -0.1) is 33.3 Å². The van der Waals surface area contributed by atoms with Crippen LogP contribution in [0.15, 0.2) is 71.7 Å². The second-order valence-electron chi connectivity index (χ2n) is 9.63. The molecule has 2 aromatic carbocycles. The van der Waals surface area contributed by atoms with Gasteiger partial charge in [-0.25, -0.2) is 9.78 Å². The molecule has 4 aromatic rings. The van der Waals surface area contributed by atoms with Crippen LogP contribution in [-0.2, 0) is 30.4 Å². The van der Waals surface area contributed by atoms with Crippen LogP contribution in [0.1, 0.15) is 32.8 Å². The molecule has 2 N–H and O–H groups in total. The van der Waals surface area contributed by atoms with Gasteiger partial charge in [-0.1, -0.05) is 84.2 Å². The van der Waals surface area contributed by atoms with Crippen molar-refractivity contribution >= 4 is 86.4 Å². The standard InChI is InChI=1S/C29H22N6O5S4/c1-15-32-33-25(43-15)21-22(28(39)40-34-19(37)12-18-13-42-29(31-18)30-14-36)35-26(38)23(41)27(35)44-24(21)20(16-8-4-2-5-9-16)17-10-6-3-7-11-17/h2-11,13-14,20,24,27H,12H2,1H3,(H,34,37)(H,30,31,36)/t24?,27-/m0/s1. The number of hydrogen-bond acceptors (Lipinski definition) is 12. The molecule has 2 aliphatic rings. The van der Waals surface area contributed by atoms with Crippen LogP contribution in [0, 0.1) is 6.92 Å². The number of hydroxylamine groups is 1. The number of thiazole rings is 1. The molecule has 0 aliphatic carbocycles. The van der Waals surface area contributed by atoms with Crippen molar-refractivity contribution < 1.29 is 24.0 Å². The number of anilines is 1. The van der Waals surface area contributed by atoms with E-state index in [0.717, 1.165) is 22.5 Å². The number of aryl methyl sites for hydroxylation is 1. The molecular formula is C29H22N6O5S4. The Balaban J connectivity index is 1.40. The Morgan fingerprint density at radius 2 is 1.77 bits per heavy atom. The van der Waals surface area contributed by atoms with Crippen molar-refractivity contribution in [2.75, 3.05) is 5.32 Å². The molecule has 1 unspecified atom stereocenters. The normalized spacial score (nSPS) is 17.6.